The highest BCUT2D eigenvalue weighted by Gasteiger charge is 1.93. The van der Waals surface area contributed by atoms with Gasteiger partial charge in [-0.15, -0.1) is 12.4 Å². The molecule has 0 aliphatic carbocycles. The topological polar surface area (TPSA) is 82.7 Å². The van der Waals surface area contributed by atoms with Crippen LogP contribution in [0, 0.1) is 5.41 Å². The summed E-state index contributed by atoms with van der Waals surface area (Å²) in [7, 11) is 0. The van der Waals surface area contributed by atoms with E-state index in [0.717, 1.165) is 0 Å². The molecule has 0 saturated carbocycles. The Labute approximate surface area is 69.4 Å². The van der Waals surface area contributed by atoms with Crippen LogP contribution in [0.15, 0.2) is 23.0 Å². The average Bonchev–Trinajstić information content (AvgIpc) is 1.88. The average molecular weight is 174 g/mol. The van der Waals surface area contributed by atoms with Crippen LogP contribution in [0.5, 0.6) is 0 Å². The first-order valence-corrected chi connectivity index (χ1v) is 2.74. The molecule has 4 N–H and O–H groups in total. The highest BCUT2D eigenvalue weighted by molar-refractivity contribution is 5.92. The number of nitrogens with one attached hydrogen (secondary N) is 2. The minimum atomic E-state index is -0.243. The fourth-order valence-corrected chi connectivity index (χ4v) is 0.605. The molecule has 4 nitrogen and oxygen atoms in total. The van der Waals surface area contributed by atoms with E-state index in [0.29, 0.717) is 5.69 Å². The molecule has 0 aliphatic rings. The summed E-state index contributed by atoms with van der Waals surface area (Å²) >= 11 is 0. The molecular weight excluding hydrogens is 166 g/mol. The molecule has 0 aromatic carbocycles. The number of amidine groups is 1. The van der Waals surface area contributed by atoms with Crippen molar-refractivity contribution < 1.29 is 0 Å². The normalized spacial score (nSPS) is 8.36. The highest BCUT2D eigenvalue weighted by atomic mass is 35.5. The molecule has 11 heavy (non-hydrogen) atoms. The predicted octanol–water partition coefficient (Wildman–Crippen LogP) is 0.0808. The van der Waals surface area contributed by atoms with Gasteiger partial charge >= 0.3 is 0 Å². The first kappa shape index (κ1) is 9.71. The van der Waals surface area contributed by atoms with Gasteiger partial charge in [0.05, 0.1) is 5.69 Å². The van der Waals surface area contributed by atoms with E-state index in [1.807, 2.05) is 0 Å². The van der Waals surface area contributed by atoms with Gasteiger partial charge in [0.25, 0.3) is 0 Å². The number of nitrogen functional groups attached to an aromatic ring is 1. The quantitative estimate of drug-likeness (QED) is 0.415. The summed E-state index contributed by atoms with van der Waals surface area (Å²) in [6.07, 6.45) is 0. The van der Waals surface area contributed by atoms with E-state index in [-0.39, 0.29) is 23.8 Å². The van der Waals surface area contributed by atoms with Crippen LogP contribution in [0.1, 0.15) is 5.69 Å². The standard InChI is InChI=1S/C6H7N3O.ClH/c7-6(8)4-2-1-3-5(10)9-4;/h1-3H,(H3,7,8)(H,9,10);1H. The summed E-state index contributed by atoms with van der Waals surface area (Å²) in [5, 5.41) is 6.94. The molecule has 1 heterocycles. The van der Waals surface area contributed by atoms with Crippen LogP contribution in [-0.2, 0) is 0 Å². The monoisotopic (exact) mass is 173 g/mol. The zero-order valence-electron chi connectivity index (χ0n) is 5.63. The second-order valence-corrected chi connectivity index (χ2v) is 1.84. The second kappa shape index (κ2) is 3.78. The fraction of sp³-hybridized carbons (Fsp3) is 0. The maximum Gasteiger partial charge on any atom is 0.248 e. The first-order chi connectivity index (χ1) is 4.70. The van der Waals surface area contributed by atoms with E-state index in [2.05, 4.69) is 4.98 Å². The lowest BCUT2D eigenvalue weighted by Crippen LogP contribution is -2.17. The summed E-state index contributed by atoms with van der Waals surface area (Å²) in [6.45, 7) is 0. The number of hydrogen-bond acceptors (Lipinski definition) is 2. The Kier molecular flexibility index (Phi) is 3.33. The molecule has 0 saturated heterocycles. The first-order valence-electron chi connectivity index (χ1n) is 2.74. The Hall–Kier alpha value is -1.29. The molecule has 0 unspecified atom stereocenters. The van der Waals surface area contributed by atoms with Crippen LogP contribution < -0.4 is 11.3 Å². The van der Waals surface area contributed by atoms with Crippen molar-refractivity contribution in [2.75, 3.05) is 0 Å². The Balaban J connectivity index is 0.000001000. The second-order valence-electron chi connectivity index (χ2n) is 1.84. The molecule has 0 amide bonds. The molecule has 1 rings (SSSR count). The summed E-state index contributed by atoms with van der Waals surface area (Å²) in [5.41, 5.74) is 5.21. The molecule has 0 radical (unpaired) electrons. The van der Waals surface area contributed by atoms with Gasteiger partial charge in [0.15, 0.2) is 0 Å². The van der Waals surface area contributed by atoms with Crippen molar-refractivity contribution in [1.82, 2.24) is 4.98 Å². The van der Waals surface area contributed by atoms with Gasteiger partial charge in [0, 0.05) is 6.07 Å². The van der Waals surface area contributed by atoms with Crippen molar-refractivity contribution in [2.45, 2.75) is 0 Å². The number of hydrogen-bond donors (Lipinski definition) is 3. The Morgan fingerprint density at radius 3 is 2.55 bits per heavy atom. The number of nitrogens with two attached hydrogens (primary N) is 1. The van der Waals surface area contributed by atoms with Crippen molar-refractivity contribution in [3.63, 3.8) is 0 Å². The van der Waals surface area contributed by atoms with Gasteiger partial charge in [0.2, 0.25) is 5.56 Å². The highest BCUT2D eigenvalue weighted by Crippen LogP contribution is 1.85. The van der Waals surface area contributed by atoms with Crippen LogP contribution in [-0.4, -0.2) is 10.8 Å². The third-order valence-electron chi connectivity index (χ3n) is 1.06. The lowest BCUT2D eigenvalue weighted by molar-refractivity contribution is 1.19. The van der Waals surface area contributed by atoms with Gasteiger partial charge < -0.3 is 10.7 Å². The zero-order valence-corrected chi connectivity index (χ0v) is 6.44. The Bertz CT molecular complexity index is 307. The molecule has 1 aromatic heterocycles. The van der Waals surface area contributed by atoms with Gasteiger partial charge in [-0.3, -0.25) is 10.2 Å². The van der Waals surface area contributed by atoms with Gasteiger partial charge in [-0.2, -0.15) is 0 Å². The number of rotatable bonds is 1. The van der Waals surface area contributed by atoms with E-state index in [9.17, 15) is 4.79 Å². The molecular formula is C6H8ClN3O. The Morgan fingerprint density at radius 1 is 1.55 bits per heavy atom. The number of H-pyrrole nitrogens is 1. The smallest absolute Gasteiger partial charge is 0.248 e. The van der Waals surface area contributed by atoms with Gasteiger partial charge in [-0.1, -0.05) is 6.07 Å². The Morgan fingerprint density at radius 2 is 2.18 bits per heavy atom. The van der Waals surface area contributed by atoms with E-state index in [4.69, 9.17) is 11.1 Å². The number of aromatic nitrogens is 1. The van der Waals surface area contributed by atoms with Crippen LogP contribution in [0.25, 0.3) is 0 Å². The summed E-state index contributed by atoms with van der Waals surface area (Å²) in [4.78, 5) is 13.0. The summed E-state index contributed by atoms with van der Waals surface area (Å²) < 4.78 is 0. The molecule has 0 atom stereocenters. The molecule has 0 spiro atoms. The zero-order chi connectivity index (χ0) is 7.56. The fourth-order valence-electron chi connectivity index (χ4n) is 0.605. The molecule has 0 aliphatic heterocycles. The van der Waals surface area contributed by atoms with Gasteiger partial charge in [-0.25, -0.2) is 0 Å². The van der Waals surface area contributed by atoms with Crippen molar-refractivity contribution >= 4 is 18.2 Å². The largest absolute Gasteiger partial charge is 0.382 e. The molecule has 5 heteroatoms. The lowest BCUT2D eigenvalue weighted by Gasteiger charge is -1.93. The lowest BCUT2D eigenvalue weighted by atomic mass is 10.3. The van der Waals surface area contributed by atoms with Gasteiger partial charge in [-0.05, 0) is 6.07 Å². The van der Waals surface area contributed by atoms with E-state index >= 15 is 0 Å². The van der Waals surface area contributed by atoms with E-state index in [1.54, 1.807) is 12.1 Å². The van der Waals surface area contributed by atoms with Crippen LogP contribution in [0.3, 0.4) is 0 Å². The van der Waals surface area contributed by atoms with Crippen LogP contribution in [0.4, 0.5) is 0 Å². The van der Waals surface area contributed by atoms with Crippen molar-refractivity contribution in [2.24, 2.45) is 5.73 Å². The number of aromatic amines is 1. The SMILES string of the molecule is Cl.N=C(N)c1cccc(=O)[nH]1. The maximum atomic E-state index is 10.6. The van der Waals surface area contributed by atoms with Gasteiger partial charge in [0.1, 0.15) is 5.84 Å². The van der Waals surface area contributed by atoms with Crippen LogP contribution >= 0.6 is 12.4 Å². The minimum absolute atomic E-state index is 0. The minimum Gasteiger partial charge on any atom is -0.382 e. The molecule has 0 fully saturated rings. The van der Waals surface area contributed by atoms with E-state index < -0.39 is 0 Å². The van der Waals surface area contributed by atoms with Crippen LogP contribution in [0.2, 0.25) is 0 Å². The van der Waals surface area contributed by atoms with Crippen molar-refractivity contribution in [3.8, 4) is 0 Å². The third-order valence-corrected chi connectivity index (χ3v) is 1.06. The predicted molar refractivity (Wildman–Crippen MR) is 45.3 cm³/mol. The summed E-state index contributed by atoms with van der Waals surface area (Å²) in [5.74, 6) is -0.127. The van der Waals surface area contributed by atoms with E-state index in [1.165, 1.54) is 6.07 Å². The maximum absolute atomic E-state index is 10.6. The third kappa shape index (κ3) is 2.43. The molecule has 60 valence electrons. The number of pyridine rings is 1. The number of halogens is 1. The van der Waals surface area contributed by atoms with Crippen molar-refractivity contribution in [3.05, 3.63) is 34.2 Å². The molecule has 0 bridgehead atoms. The van der Waals surface area contributed by atoms with Crippen molar-refractivity contribution in [1.29, 1.82) is 5.41 Å². The summed E-state index contributed by atoms with van der Waals surface area (Å²) in [6, 6.07) is 4.49. The molecule has 1 aromatic rings.